The predicted octanol–water partition coefficient (Wildman–Crippen LogP) is 3.45. The van der Waals surface area contributed by atoms with Crippen LogP contribution in [0.2, 0.25) is 0 Å². The van der Waals surface area contributed by atoms with Crippen LogP contribution in [0.3, 0.4) is 0 Å². The molecule has 9 nitrogen and oxygen atoms in total. The van der Waals surface area contributed by atoms with Crippen molar-refractivity contribution in [3.8, 4) is 5.75 Å². The highest BCUT2D eigenvalue weighted by molar-refractivity contribution is 5.96. The summed E-state index contributed by atoms with van der Waals surface area (Å²) in [5.74, 6) is -1.70. The van der Waals surface area contributed by atoms with E-state index in [4.69, 9.17) is 14.6 Å². The molecular weight excluding hydrogens is 504 g/mol. The molecule has 0 fully saturated rings. The molecule has 0 heterocycles. The van der Waals surface area contributed by atoms with Gasteiger partial charge in [-0.3, -0.25) is 9.59 Å². The van der Waals surface area contributed by atoms with Gasteiger partial charge in [-0.1, -0.05) is 44.2 Å². The number of carbonyl (C=O) groups is 3. The summed E-state index contributed by atoms with van der Waals surface area (Å²) >= 11 is 0. The first kappa shape index (κ1) is 30.5. The van der Waals surface area contributed by atoms with Gasteiger partial charge < -0.3 is 29.9 Å². The monoisotopic (exact) mass is 544 g/mol. The van der Waals surface area contributed by atoms with E-state index in [9.17, 15) is 29.7 Å². The quantitative estimate of drug-likeness (QED) is 0.216. The maximum Gasteiger partial charge on any atom is 0.347 e. The Hall–Kier alpha value is -3.01. The molecule has 0 amide bonds. The summed E-state index contributed by atoms with van der Waals surface area (Å²) in [5, 5.41) is 39.7. The van der Waals surface area contributed by atoms with Crippen LogP contribution in [-0.2, 0) is 14.3 Å². The van der Waals surface area contributed by atoms with Crippen molar-refractivity contribution in [2.45, 2.75) is 89.8 Å². The molecule has 9 heteroatoms. The van der Waals surface area contributed by atoms with E-state index in [0.29, 0.717) is 30.6 Å². The first-order valence-corrected chi connectivity index (χ1v) is 13.6. The van der Waals surface area contributed by atoms with Crippen LogP contribution in [0.4, 0.5) is 0 Å². The summed E-state index contributed by atoms with van der Waals surface area (Å²) in [6.07, 6.45) is 2.36. The number of benzene rings is 1. The zero-order chi connectivity index (χ0) is 28.7. The van der Waals surface area contributed by atoms with Gasteiger partial charge in [-0.05, 0) is 62.1 Å². The molecule has 2 aliphatic carbocycles. The number of Topliss-reactive ketones (excluding diaryl/α,β-unsaturated/α-hetero) is 1. The fraction of sp³-hybridized carbons (Fsp3) is 0.567. The van der Waals surface area contributed by atoms with Crippen molar-refractivity contribution in [3.63, 3.8) is 0 Å². The lowest BCUT2D eigenvalue weighted by Gasteiger charge is -2.43. The molecular formula is C30H40O9. The standard InChI is InChI=1S/C30H40O9/c1-4-25(38-26-8-6-5-7-24(26)18(3)31)30(37)39-27-15-21(33)13-19-10-9-17(2)23(29(19)27)12-11-20(32)14-22(34)16-28(35)36/h5-10,13,17,20-23,25,27,29,32-34H,4,11-12,14-16H2,1-3H3,(H,35,36)/t17-,20+,21+,22+,23-,25?,27-,29-/m0/s1. The number of para-hydroxylation sites is 1. The van der Waals surface area contributed by atoms with Crippen LogP contribution in [0.1, 0.15) is 69.7 Å². The molecule has 2 aliphatic rings. The highest BCUT2D eigenvalue weighted by atomic mass is 16.6. The van der Waals surface area contributed by atoms with Crippen molar-refractivity contribution in [1.29, 1.82) is 0 Å². The van der Waals surface area contributed by atoms with Gasteiger partial charge in [0.15, 0.2) is 11.9 Å². The average Bonchev–Trinajstić information content (AvgIpc) is 2.86. The number of aliphatic carboxylic acids is 1. The van der Waals surface area contributed by atoms with Gasteiger partial charge >= 0.3 is 11.9 Å². The SMILES string of the molecule is CCC(Oc1ccccc1C(C)=O)C(=O)O[C@H]1C[C@H](O)C=C2C=C[C@H](C)[C@H](CC[C@@H](O)C[C@@H](O)CC(=O)O)[C@H]21. The molecule has 8 atom stereocenters. The summed E-state index contributed by atoms with van der Waals surface area (Å²) < 4.78 is 11.9. The first-order valence-electron chi connectivity index (χ1n) is 13.6. The number of hydrogen-bond acceptors (Lipinski definition) is 8. The largest absolute Gasteiger partial charge is 0.481 e. The number of aliphatic hydroxyl groups excluding tert-OH is 3. The van der Waals surface area contributed by atoms with Gasteiger partial charge in [0.1, 0.15) is 11.9 Å². The van der Waals surface area contributed by atoms with Crippen LogP contribution < -0.4 is 4.74 Å². The third kappa shape index (κ3) is 8.24. The van der Waals surface area contributed by atoms with Crippen LogP contribution >= 0.6 is 0 Å². The smallest absolute Gasteiger partial charge is 0.347 e. The Labute approximate surface area is 229 Å². The number of ether oxygens (including phenoxy) is 2. The van der Waals surface area contributed by atoms with Crippen LogP contribution in [0.15, 0.2) is 48.1 Å². The number of aliphatic hydroxyl groups is 3. The highest BCUT2D eigenvalue weighted by Crippen LogP contribution is 2.44. The minimum absolute atomic E-state index is 0.0164. The summed E-state index contributed by atoms with van der Waals surface area (Å²) in [4.78, 5) is 36.1. The third-order valence-corrected chi connectivity index (χ3v) is 7.60. The van der Waals surface area contributed by atoms with E-state index >= 15 is 0 Å². The number of hydrogen-bond donors (Lipinski definition) is 4. The molecule has 0 aromatic heterocycles. The second-order valence-electron chi connectivity index (χ2n) is 10.6. The highest BCUT2D eigenvalue weighted by Gasteiger charge is 2.42. The topological polar surface area (TPSA) is 151 Å². The van der Waals surface area contributed by atoms with Gasteiger partial charge in [-0.25, -0.2) is 4.79 Å². The van der Waals surface area contributed by atoms with E-state index in [1.807, 2.05) is 19.1 Å². The predicted molar refractivity (Wildman–Crippen MR) is 143 cm³/mol. The van der Waals surface area contributed by atoms with E-state index in [-0.39, 0.29) is 36.4 Å². The lowest BCUT2D eigenvalue weighted by Crippen LogP contribution is -2.44. The number of rotatable bonds is 13. The average molecular weight is 545 g/mol. The van der Waals surface area contributed by atoms with Crippen LogP contribution in [0, 0.1) is 17.8 Å². The Bertz CT molecular complexity index is 1080. The molecule has 0 saturated carbocycles. The Morgan fingerprint density at radius 3 is 2.51 bits per heavy atom. The van der Waals surface area contributed by atoms with Crippen molar-refractivity contribution in [1.82, 2.24) is 0 Å². The summed E-state index contributed by atoms with van der Waals surface area (Å²) in [7, 11) is 0. The summed E-state index contributed by atoms with van der Waals surface area (Å²) in [5.41, 5.74) is 1.24. The minimum Gasteiger partial charge on any atom is -0.481 e. The van der Waals surface area contributed by atoms with E-state index < -0.39 is 48.9 Å². The van der Waals surface area contributed by atoms with Gasteiger partial charge in [0.05, 0.1) is 30.3 Å². The molecule has 0 spiro atoms. The second kappa shape index (κ2) is 13.9. The molecule has 0 aliphatic heterocycles. The number of fused-ring (bicyclic) bond motifs is 1. The molecule has 0 bridgehead atoms. The summed E-state index contributed by atoms with van der Waals surface area (Å²) in [6, 6.07) is 6.73. The first-order chi connectivity index (χ1) is 18.5. The molecule has 0 radical (unpaired) electrons. The van der Waals surface area contributed by atoms with Crippen molar-refractivity contribution in [2.24, 2.45) is 17.8 Å². The van der Waals surface area contributed by atoms with Crippen LogP contribution in [0.25, 0.3) is 0 Å². The van der Waals surface area contributed by atoms with Crippen molar-refractivity contribution in [2.75, 3.05) is 0 Å². The van der Waals surface area contributed by atoms with Crippen LogP contribution in [0.5, 0.6) is 5.75 Å². The normalized spacial score (nSPS) is 26.5. The maximum absolute atomic E-state index is 13.3. The van der Waals surface area contributed by atoms with Gasteiger partial charge in [0.25, 0.3) is 0 Å². The summed E-state index contributed by atoms with van der Waals surface area (Å²) in [6.45, 7) is 5.27. The van der Waals surface area contributed by atoms with E-state index in [1.54, 1.807) is 37.3 Å². The van der Waals surface area contributed by atoms with Gasteiger partial charge in [0.2, 0.25) is 0 Å². The van der Waals surface area contributed by atoms with Crippen molar-refractivity contribution in [3.05, 3.63) is 53.6 Å². The number of carboxylic acid groups (broad SMARTS) is 1. The van der Waals surface area contributed by atoms with Crippen LogP contribution in [-0.4, -0.2) is 68.7 Å². The fourth-order valence-electron chi connectivity index (χ4n) is 5.63. The second-order valence-corrected chi connectivity index (χ2v) is 10.6. The lowest BCUT2D eigenvalue weighted by molar-refractivity contribution is -0.163. The van der Waals surface area contributed by atoms with Crippen molar-refractivity contribution >= 4 is 17.7 Å². The van der Waals surface area contributed by atoms with E-state index in [0.717, 1.165) is 5.57 Å². The minimum atomic E-state index is -1.13. The van der Waals surface area contributed by atoms with Gasteiger partial charge in [0, 0.05) is 12.3 Å². The lowest BCUT2D eigenvalue weighted by atomic mass is 9.66. The van der Waals surface area contributed by atoms with Crippen molar-refractivity contribution < 1.29 is 44.3 Å². The fourth-order valence-corrected chi connectivity index (χ4v) is 5.63. The number of esters is 1. The van der Waals surface area contributed by atoms with E-state index in [1.165, 1.54) is 6.92 Å². The molecule has 39 heavy (non-hydrogen) atoms. The number of carboxylic acids is 1. The molecule has 0 saturated heterocycles. The molecule has 1 aromatic carbocycles. The molecule has 4 N–H and O–H groups in total. The van der Waals surface area contributed by atoms with Gasteiger partial charge in [-0.15, -0.1) is 0 Å². The Morgan fingerprint density at radius 2 is 1.85 bits per heavy atom. The maximum atomic E-state index is 13.3. The Balaban J connectivity index is 1.73. The number of allylic oxidation sites excluding steroid dienone is 2. The zero-order valence-electron chi connectivity index (χ0n) is 22.7. The molecule has 1 aromatic rings. The Morgan fingerprint density at radius 1 is 1.13 bits per heavy atom. The molecule has 214 valence electrons. The molecule has 1 unspecified atom stereocenters. The van der Waals surface area contributed by atoms with E-state index in [2.05, 4.69) is 0 Å². The zero-order valence-corrected chi connectivity index (χ0v) is 22.7. The Kier molecular flexibility index (Phi) is 10.9. The molecule has 3 rings (SSSR count). The number of carbonyl (C=O) groups excluding carboxylic acids is 2. The van der Waals surface area contributed by atoms with Gasteiger partial charge in [-0.2, -0.15) is 0 Å². The third-order valence-electron chi connectivity index (χ3n) is 7.60. The number of ketones is 1.